The maximum Gasteiger partial charge on any atom is 0.225 e. The van der Waals surface area contributed by atoms with Gasteiger partial charge in [0.1, 0.15) is 0 Å². The fourth-order valence-electron chi connectivity index (χ4n) is 2.08. The monoisotopic (exact) mass is 248 g/mol. The van der Waals surface area contributed by atoms with Gasteiger partial charge in [-0.15, -0.1) is 12.4 Å². The zero-order valence-corrected chi connectivity index (χ0v) is 10.5. The second-order valence-corrected chi connectivity index (χ2v) is 4.60. The summed E-state index contributed by atoms with van der Waals surface area (Å²) < 4.78 is 5.74. The van der Waals surface area contributed by atoms with Crippen LogP contribution in [0.3, 0.4) is 0 Å². The average Bonchev–Trinajstić information content (AvgIpc) is 2.12. The summed E-state index contributed by atoms with van der Waals surface area (Å²) in [7, 11) is 0. The van der Waals surface area contributed by atoms with E-state index in [2.05, 4.69) is 17.6 Å². The number of hydrogen-bond donors (Lipinski definition) is 2. The van der Waals surface area contributed by atoms with Crippen LogP contribution >= 0.6 is 12.4 Å². The Morgan fingerprint density at radius 2 is 2.19 bits per heavy atom. The summed E-state index contributed by atoms with van der Waals surface area (Å²) >= 11 is 0. The number of hydrogen-bond acceptors (Lipinski definition) is 3. The molecule has 2 unspecified atom stereocenters. The Balaban J connectivity index is 0.00000128. The Kier molecular flexibility index (Phi) is 5.52. The van der Waals surface area contributed by atoms with Crippen molar-refractivity contribution in [2.75, 3.05) is 19.6 Å². The van der Waals surface area contributed by atoms with Crippen molar-refractivity contribution in [1.82, 2.24) is 10.6 Å². The molecule has 2 fully saturated rings. The Hall–Kier alpha value is -0.320. The summed E-state index contributed by atoms with van der Waals surface area (Å²) in [5.74, 6) is 0.363. The van der Waals surface area contributed by atoms with E-state index in [0.29, 0.717) is 12.6 Å². The molecular formula is C11H21ClN2O2. The maximum atomic E-state index is 11.5. The highest BCUT2D eigenvalue weighted by Gasteiger charge is 2.26. The highest BCUT2D eigenvalue weighted by atomic mass is 35.5. The maximum absolute atomic E-state index is 11.5. The van der Waals surface area contributed by atoms with Crippen molar-refractivity contribution in [3.05, 3.63) is 0 Å². The molecule has 0 aromatic heterocycles. The van der Waals surface area contributed by atoms with Gasteiger partial charge in [0.2, 0.25) is 5.91 Å². The summed E-state index contributed by atoms with van der Waals surface area (Å²) in [6.45, 7) is 4.44. The Morgan fingerprint density at radius 3 is 2.75 bits per heavy atom. The van der Waals surface area contributed by atoms with Gasteiger partial charge >= 0.3 is 0 Å². The van der Waals surface area contributed by atoms with Crippen LogP contribution in [0.5, 0.6) is 0 Å². The molecule has 0 spiro atoms. The van der Waals surface area contributed by atoms with E-state index in [1.807, 2.05) is 0 Å². The van der Waals surface area contributed by atoms with Crippen molar-refractivity contribution in [2.24, 2.45) is 5.92 Å². The van der Waals surface area contributed by atoms with Crippen molar-refractivity contribution < 1.29 is 9.53 Å². The van der Waals surface area contributed by atoms with E-state index in [-0.39, 0.29) is 30.3 Å². The summed E-state index contributed by atoms with van der Waals surface area (Å²) in [6.07, 6.45) is 4.02. The van der Waals surface area contributed by atoms with Crippen LogP contribution < -0.4 is 10.6 Å². The van der Waals surface area contributed by atoms with Crippen molar-refractivity contribution in [1.29, 1.82) is 0 Å². The minimum absolute atomic E-state index is 0. The van der Waals surface area contributed by atoms with Crippen LogP contribution in [0.15, 0.2) is 0 Å². The molecule has 0 radical (unpaired) electrons. The molecule has 5 heteroatoms. The Morgan fingerprint density at radius 1 is 1.44 bits per heavy atom. The quantitative estimate of drug-likeness (QED) is 0.773. The van der Waals surface area contributed by atoms with Crippen molar-refractivity contribution >= 4 is 18.3 Å². The van der Waals surface area contributed by atoms with Gasteiger partial charge in [0.15, 0.2) is 0 Å². The zero-order chi connectivity index (χ0) is 10.7. The van der Waals surface area contributed by atoms with Gasteiger partial charge in [-0.3, -0.25) is 4.79 Å². The Labute approximate surface area is 103 Å². The number of rotatable bonds is 3. The third kappa shape index (κ3) is 3.61. The van der Waals surface area contributed by atoms with Crippen molar-refractivity contribution in [3.8, 4) is 0 Å². The molecule has 2 saturated heterocycles. The van der Waals surface area contributed by atoms with Crippen LogP contribution in [0.4, 0.5) is 0 Å². The van der Waals surface area contributed by atoms with Gasteiger partial charge in [-0.2, -0.15) is 0 Å². The zero-order valence-electron chi connectivity index (χ0n) is 9.70. The first-order valence-electron chi connectivity index (χ1n) is 5.89. The predicted molar refractivity (Wildman–Crippen MR) is 64.8 cm³/mol. The van der Waals surface area contributed by atoms with Crippen LogP contribution in [0.1, 0.15) is 26.2 Å². The molecule has 2 N–H and O–H groups in total. The van der Waals surface area contributed by atoms with E-state index in [9.17, 15) is 4.79 Å². The molecule has 0 aromatic carbocycles. The summed E-state index contributed by atoms with van der Waals surface area (Å²) in [5.41, 5.74) is 0. The lowest BCUT2D eigenvalue weighted by Crippen LogP contribution is -2.52. The van der Waals surface area contributed by atoms with Gasteiger partial charge in [0.25, 0.3) is 0 Å². The molecule has 4 nitrogen and oxygen atoms in total. The summed E-state index contributed by atoms with van der Waals surface area (Å²) in [5, 5.41) is 6.07. The van der Waals surface area contributed by atoms with E-state index in [1.54, 1.807) is 0 Å². The van der Waals surface area contributed by atoms with Gasteiger partial charge in [0, 0.05) is 19.6 Å². The first-order chi connectivity index (χ1) is 7.25. The second kappa shape index (κ2) is 6.42. The van der Waals surface area contributed by atoms with Crippen molar-refractivity contribution in [3.63, 3.8) is 0 Å². The molecule has 2 atom stereocenters. The number of nitrogens with one attached hydrogen (secondary N) is 2. The highest BCUT2D eigenvalue weighted by molar-refractivity contribution is 5.85. The molecule has 16 heavy (non-hydrogen) atoms. The van der Waals surface area contributed by atoms with Gasteiger partial charge in [-0.05, 0) is 26.2 Å². The van der Waals surface area contributed by atoms with Gasteiger partial charge < -0.3 is 15.4 Å². The Bertz CT molecular complexity index is 234. The van der Waals surface area contributed by atoms with E-state index in [0.717, 1.165) is 25.9 Å². The van der Waals surface area contributed by atoms with Crippen molar-refractivity contribution in [2.45, 2.75) is 38.4 Å². The minimum atomic E-state index is 0. The van der Waals surface area contributed by atoms with E-state index in [4.69, 9.17) is 4.74 Å². The molecule has 94 valence electrons. The lowest BCUT2D eigenvalue weighted by Gasteiger charge is -2.30. The average molecular weight is 249 g/mol. The minimum Gasteiger partial charge on any atom is -0.373 e. The van der Waals surface area contributed by atoms with Crippen LogP contribution in [-0.4, -0.2) is 37.7 Å². The molecule has 2 aliphatic heterocycles. The van der Waals surface area contributed by atoms with E-state index < -0.39 is 0 Å². The third-order valence-electron chi connectivity index (χ3n) is 3.22. The number of amides is 1. The molecule has 2 heterocycles. The molecule has 2 rings (SSSR count). The predicted octanol–water partition coefficient (Wildman–Crippen LogP) is 0.701. The van der Waals surface area contributed by atoms with Gasteiger partial charge in [-0.1, -0.05) is 0 Å². The fraction of sp³-hybridized carbons (Fsp3) is 0.909. The molecule has 0 saturated carbocycles. The van der Waals surface area contributed by atoms with Gasteiger partial charge in [-0.25, -0.2) is 0 Å². The lowest BCUT2D eigenvalue weighted by atomic mass is 10.0. The van der Waals surface area contributed by atoms with Gasteiger partial charge in [0.05, 0.1) is 18.1 Å². The topological polar surface area (TPSA) is 50.4 Å². The smallest absolute Gasteiger partial charge is 0.225 e. The number of carbonyl (C=O) groups is 1. The number of carbonyl (C=O) groups excluding carboxylic acids is 1. The van der Waals surface area contributed by atoms with Crippen LogP contribution in [-0.2, 0) is 9.53 Å². The second-order valence-electron chi connectivity index (χ2n) is 4.60. The SMILES string of the molecule is CC1CCCC(CNC(=O)C2CNC2)O1.Cl. The van der Waals surface area contributed by atoms with Crippen LogP contribution in [0.25, 0.3) is 0 Å². The molecule has 2 aliphatic rings. The molecule has 1 amide bonds. The first kappa shape index (κ1) is 13.7. The third-order valence-corrected chi connectivity index (χ3v) is 3.22. The van der Waals surface area contributed by atoms with Crippen LogP contribution in [0, 0.1) is 5.92 Å². The number of ether oxygens (including phenoxy) is 1. The molecule has 0 bridgehead atoms. The van der Waals surface area contributed by atoms with E-state index in [1.165, 1.54) is 6.42 Å². The molecular weight excluding hydrogens is 228 g/mol. The largest absolute Gasteiger partial charge is 0.373 e. The molecule has 0 aliphatic carbocycles. The fourth-order valence-corrected chi connectivity index (χ4v) is 2.08. The lowest BCUT2D eigenvalue weighted by molar-refractivity contribution is -0.127. The normalized spacial score (nSPS) is 30.1. The summed E-state index contributed by atoms with van der Waals surface area (Å²) in [4.78, 5) is 11.5. The number of halogens is 1. The first-order valence-corrected chi connectivity index (χ1v) is 5.89. The molecule has 0 aromatic rings. The standard InChI is InChI=1S/C11H20N2O2.ClH/c1-8-3-2-4-10(15-8)7-13-11(14)9-5-12-6-9;/h8-10,12H,2-7H2,1H3,(H,13,14);1H. The van der Waals surface area contributed by atoms with E-state index >= 15 is 0 Å². The van der Waals surface area contributed by atoms with Crippen LogP contribution in [0.2, 0.25) is 0 Å². The highest BCUT2D eigenvalue weighted by Crippen LogP contribution is 2.17. The summed E-state index contributed by atoms with van der Waals surface area (Å²) in [6, 6.07) is 0.